The van der Waals surface area contributed by atoms with Gasteiger partial charge in [0.1, 0.15) is 5.69 Å². The van der Waals surface area contributed by atoms with Crippen LogP contribution in [0.1, 0.15) is 77.5 Å². The molecule has 0 N–H and O–H groups in total. The van der Waals surface area contributed by atoms with E-state index in [0.29, 0.717) is 13.0 Å². The van der Waals surface area contributed by atoms with Gasteiger partial charge in [-0.3, -0.25) is 4.79 Å². The quantitative estimate of drug-likeness (QED) is 0.342. The summed E-state index contributed by atoms with van der Waals surface area (Å²) in [6.07, 6.45) is 12.9. The fourth-order valence-electron chi connectivity index (χ4n) is 3.73. The number of aromatic nitrogens is 1. The van der Waals surface area contributed by atoms with Crippen molar-refractivity contribution in [3.05, 3.63) is 52.9 Å². The van der Waals surface area contributed by atoms with Gasteiger partial charge in [0.25, 0.3) is 0 Å². The van der Waals surface area contributed by atoms with Crippen molar-refractivity contribution in [1.82, 2.24) is 4.98 Å². The molecule has 0 unspecified atom stereocenters. The third-order valence-electron chi connectivity index (χ3n) is 5.30. The van der Waals surface area contributed by atoms with Crippen LogP contribution in [0.2, 0.25) is 0 Å². The summed E-state index contributed by atoms with van der Waals surface area (Å²) in [5, 5.41) is 0. The lowest BCUT2D eigenvalue weighted by molar-refractivity contribution is -0.143. The van der Waals surface area contributed by atoms with E-state index in [-0.39, 0.29) is 11.4 Å². The summed E-state index contributed by atoms with van der Waals surface area (Å²) < 4.78 is 4.94. The Balaban J connectivity index is 1.84. The predicted octanol–water partition coefficient (Wildman–Crippen LogP) is 5.79. The summed E-state index contributed by atoms with van der Waals surface area (Å²) in [6, 6.07) is 4.04. The first-order valence-electron chi connectivity index (χ1n) is 10.4. The normalized spacial score (nSPS) is 16.0. The highest BCUT2D eigenvalue weighted by molar-refractivity contribution is 5.69. The van der Waals surface area contributed by atoms with Crippen molar-refractivity contribution in [3.63, 3.8) is 0 Å². The lowest BCUT2D eigenvalue weighted by atomic mass is 9.73. The maximum absolute atomic E-state index is 11.3. The van der Waals surface area contributed by atoms with Crippen LogP contribution in [0, 0.1) is 17.3 Å². The zero-order chi connectivity index (χ0) is 20.4. The summed E-state index contributed by atoms with van der Waals surface area (Å²) in [5.74, 6) is 6.13. The van der Waals surface area contributed by atoms with Crippen molar-refractivity contribution in [3.8, 4) is 11.8 Å². The van der Waals surface area contributed by atoms with Gasteiger partial charge >= 0.3 is 5.97 Å². The van der Waals surface area contributed by atoms with Crippen LogP contribution < -0.4 is 0 Å². The number of carbonyl (C=O) groups is 1. The van der Waals surface area contributed by atoms with Crippen LogP contribution in [0.4, 0.5) is 0 Å². The lowest BCUT2D eigenvalue weighted by Gasteiger charge is -2.32. The zero-order valence-corrected chi connectivity index (χ0v) is 17.8. The molecule has 1 heterocycles. The zero-order valence-electron chi connectivity index (χ0n) is 17.8. The molecule has 2 rings (SSSR count). The molecule has 1 aliphatic rings. The number of unbranched alkanes of at least 4 members (excludes halogenated alkanes) is 1. The maximum Gasteiger partial charge on any atom is 0.305 e. The molecular formula is C25H33NO2. The Labute approximate surface area is 170 Å². The minimum atomic E-state index is -0.109. The average molecular weight is 380 g/mol. The number of allylic oxidation sites excluding steroid dienone is 4. The molecule has 3 nitrogen and oxygen atoms in total. The minimum absolute atomic E-state index is 0.109. The number of pyridine rings is 1. The van der Waals surface area contributed by atoms with Crippen molar-refractivity contribution in [2.45, 2.75) is 72.6 Å². The number of hydrogen-bond acceptors (Lipinski definition) is 3. The number of esters is 1. The average Bonchev–Trinajstić information content (AvgIpc) is 2.65. The molecule has 0 aliphatic heterocycles. The van der Waals surface area contributed by atoms with E-state index in [4.69, 9.17) is 4.74 Å². The van der Waals surface area contributed by atoms with E-state index in [0.717, 1.165) is 25.0 Å². The van der Waals surface area contributed by atoms with Crippen molar-refractivity contribution in [2.24, 2.45) is 5.41 Å². The van der Waals surface area contributed by atoms with Gasteiger partial charge in [-0.15, -0.1) is 0 Å². The van der Waals surface area contributed by atoms with E-state index in [1.54, 1.807) is 0 Å². The predicted molar refractivity (Wildman–Crippen MR) is 115 cm³/mol. The van der Waals surface area contributed by atoms with Gasteiger partial charge in [0.2, 0.25) is 0 Å². The fraction of sp³-hybridized carbons (Fsp3) is 0.520. The summed E-state index contributed by atoms with van der Waals surface area (Å²) in [4.78, 5) is 15.8. The van der Waals surface area contributed by atoms with Crippen molar-refractivity contribution in [2.75, 3.05) is 6.61 Å². The van der Waals surface area contributed by atoms with Crippen LogP contribution in [0.25, 0.3) is 0 Å². The number of aryl methyl sites for hydroxylation is 1. The molecule has 0 aromatic carbocycles. The third-order valence-corrected chi connectivity index (χ3v) is 5.30. The largest absolute Gasteiger partial charge is 0.466 e. The second-order valence-corrected chi connectivity index (χ2v) is 8.10. The molecule has 28 heavy (non-hydrogen) atoms. The molecule has 1 aromatic heterocycles. The van der Waals surface area contributed by atoms with Gasteiger partial charge in [0, 0.05) is 12.6 Å². The molecule has 0 saturated heterocycles. The Morgan fingerprint density at radius 3 is 2.82 bits per heavy atom. The Kier molecular flexibility index (Phi) is 8.51. The van der Waals surface area contributed by atoms with Gasteiger partial charge < -0.3 is 4.74 Å². The topological polar surface area (TPSA) is 39.2 Å². The van der Waals surface area contributed by atoms with Gasteiger partial charge in [-0.1, -0.05) is 37.5 Å². The number of hydrogen-bond donors (Lipinski definition) is 0. The molecule has 0 spiro atoms. The lowest BCUT2D eigenvalue weighted by Crippen LogP contribution is -2.18. The number of ether oxygens (including phenoxy) is 1. The molecule has 0 saturated carbocycles. The van der Waals surface area contributed by atoms with Gasteiger partial charge in [-0.2, -0.15) is 0 Å². The summed E-state index contributed by atoms with van der Waals surface area (Å²) in [6.45, 7) is 9.15. The van der Waals surface area contributed by atoms with Gasteiger partial charge in [0.15, 0.2) is 0 Å². The molecule has 0 atom stereocenters. The van der Waals surface area contributed by atoms with E-state index in [9.17, 15) is 4.79 Å². The first-order chi connectivity index (χ1) is 13.4. The standard InChI is InChI=1S/C25H33NO2/c1-5-28-24(27)15-9-6-12-21-16-17-22(26-19-21)13-7-8-14-23-20(2)11-10-18-25(23,3)4/h8,14,16-17,19H,5-6,9-12,15,18H2,1-4H3. The molecule has 0 fully saturated rings. The highest BCUT2D eigenvalue weighted by atomic mass is 16.5. The molecule has 150 valence electrons. The molecule has 0 bridgehead atoms. The van der Waals surface area contributed by atoms with Gasteiger partial charge in [-0.05, 0) is 87.0 Å². The Morgan fingerprint density at radius 1 is 1.32 bits per heavy atom. The van der Waals surface area contributed by atoms with Crippen LogP contribution in [-0.2, 0) is 16.0 Å². The van der Waals surface area contributed by atoms with Gasteiger partial charge in [-0.25, -0.2) is 4.98 Å². The second kappa shape index (κ2) is 10.9. The van der Waals surface area contributed by atoms with E-state index in [1.165, 1.54) is 36.0 Å². The highest BCUT2D eigenvalue weighted by Crippen LogP contribution is 2.40. The van der Waals surface area contributed by atoms with E-state index >= 15 is 0 Å². The smallest absolute Gasteiger partial charge is 0.305 e. The fourth-order valence-corrected chi connectivity index (χ4v) is 3.73. The summed E-state index contributed by atoms with van der Waals surface area (Å²) in [5.41, 5.74) is 5.12. The number of nitrogens with zero attached hydrogens (tertiary/aromatic N) is 1. The van der Waals surface area contributed by atoms with Crippen molar-refractivity contribution in [1.29, 1.82) is 0 Å². The minimum Gasteiger partial charge on any atom is -0.466 e. The molecule has 0 amide bonds. The third kappa shape index (κ3) is 7.00. The SMILES string of the molecule is CCOC(=O)CCCCc1ccc(C#CC=CC2=C(C)CCCC2(C)C)nc1. The monoisotopic (exact) mass is 379 g/mol. The molecule has 1 aliphatic carbocycles. The maximum atomic E-state index is 11.3. The first-order valence-corrected chi connectivity index (χ1v) is 10.4. The van der Waals surface area contributed by atoms with Crippen LogP contribution in [-0.4, -0.2) is 17.6 Å². The number of carbonyl (C=O) groups excluding carboxylic acids is 1. The van der Waals surface area contributed by atoms with E-state index in [2.05, 4.69) is 49.7 Å². The van der Waals surface area contributed by atoms with E-state index < -0.39 is 0 Å². The van der Waals surface area contributed by atoms with Crippen LogP contribution in [0.5, 0.6) is 0 Å². The Morgan fingerprint density at radius 2 is 2.14 bits per heavy atom. The van der Waals surface area contributed by atoms with Crippen LogP contribution >= 0.6 is 0 Å². The summed E-state index contributed by atoms with van der Waals surface area (Å²) in [7, 11) is 0. The van der Waals surface area contributed by atoms with E-state index in [1.807, 2.05) is 25.3 Å². The number of rotatable bonds is 7. The Hall–Kier alpha value is -2.34. The van der Waals surface area contributed by atoms with Crippen molar-refractivity contribution >= 4 is 5.97 Å². The van der Waals surface area contributed by atoms with Gasteiger partial charge in [0.05, 0.1) is 6.61 Å². The highest BCUT2D eigenvalue weighted by Gasteiger charge is 2.26. The van der Waals surface area contributed by atoms with Crippen LogP contribution in [0.3, 0.4) is 0 Å². The molecule has 0 radical (unpaired) electrons. The summed E-state index contributed by atoms with van der Waals surface area (Å²) >= 11 is 0. The van der Waals surface area contributed by atoms with Crippen LogP contribution in [0.15, 0.2) is 41.6 Å². The molecular weight excluding hydrogens is 346 g/mol. The second-order valence-electron chi connectivity index (χ2n) is 8.10. The molecule has 1 aromatic rings. The first kappa shape index (κ1) is 22.0. The van der Waals surface area contributed by atoms with Crippen molar-refractivity contribution < 1.29 is 9.53 Å². The molecule has 3 heteroatoms. The Bertz CT molecular complexity index is 773.